The Bertz CT molecular complexity index is 629. The summed E-state index contributed by atoms with van der Waals surface area (Å²) in [7, 11) is 0. The molecule has 1 aromatic carbocycles. The lowest BCUT2D eigenvalue weighted by Gasteiger charge is -2.09. The van der Waals surface area contributed by atoms with Gasteiger partial charge in [-0.25, -0.2) is 9.97 Å². The molecule has 1 heterocycles. The third-order valence-corrected chi connectivity index (χ3v) is 4.18. The van der Waals surface area contributed by atoms with Crippen LogP contribution in [0.2, 0.25) is 5.02 Å². The van der Waals surface area contributed by atoms with E-state index in [-0.39, 0.29) is 0 Å². The lowest BCUT2D eigenvalue weighted by Crippen LogP contribution is -2.00. The van der Waals surface area contributed by atoms with Gasteiger partial charge in [0, 0.05) is 21.5 Å². The van der Waals surface area contributed by atoms with Gasteiger partial charge in [0.25, 0.3) is 0 Å². The molecule has 0 amide bonds. The van der Waals surface area contributed by atoms with Crippen molar-refractivity contribution in [2.45, 2.75) is 18.8 Å². The van der Waals surface area contributed by atoms with E-state index in [1.165, 1.54) is 12.8 Å². The fourth-order valence-corrected chi connectivity index (χ4v) is 2.67. The van der Waals surface area contributed by atoms with E-state index < -0.39 is 0 Å². The Balaban J connectivity index is 1.92. The second-order valence-electron chi connectivity index (χ2n) is 4.46. The summed E-state index contributed by atoms with van der Waals surface area (Å²) in [5.74, 6) is 2.18. The predicted molar refractivity (Wildman–Crippen MR) is 84.1 cm³/mol. The number of benzene rings is 1. The molecule has 0 bridgehead atoms. The zero-order chi connectivity index (χ0) is 13.4. The highest BCUT2D eigenvalue weighted by atomic mass is 79.9. The molecule has 0 saturated heterocycles. The Morgan fingerprint density at radius 2 is 1.95 bits per heavy atom. The van der Waals surface area contributed by atoms with Crippen LogP contribution < -0.4 is 5.32 Å². The van der Waals surface area contributed by atoms with Gasteiger partial charge >= 0.3 is 0 Å². The second-order valence-corrected chi connectivity index (χ2v) is 6.56. The van der Waals surface area contributed by atoms with E-state index in [4.69, 9.17) is 11.6 Å². The molecular formula is C13H10Br2ClN3. The van der Waals surface area contributed by atoms with Crippen molar-refractivity contribution in [3.05, 3.63) is 44.2 Å². The van der Waals surface area contributed by atoms with Crippen molar-refractivity contribution in [2.24, 2.45) is 0 Å². The predicted octanol–water partition coefficient (Wildman–Crippen LogP) is 5.28. The summed E-state index contributed by atoms with van der Waals surface area (Å²) >= 11 is 12.9. The van der Waals surface area contributed by atoms with E-state index in [1.807, 2.05) is 24.3 Å². The van der Waals surface area contributed by atoms with Gasteiger partial charge in [-0.3, -0.25) is 0 Å². The largest absolute Gasteiger partial charge is 0.339 e. The number of nitrogens with one attached hydrogen (secondary N) is 1. The summed E-state index contributed by atoms with van der Waals surface area (Å²) < 4.78 is 1.74. The topological polar surface area (TPSA) is 37.8 Å². The van der Waals surface area contributed by atoms with Gasteiger partial charge in [0.2, 0.25) is 0 Å². The van der Waals surface area contributed by atoms with E-state index >= 15 is 0 Å². The van der Waals surface area contributed by atoms with Gasteiger partial charge in [-0.2, -0.15) is 0 Å². The summed E-state index contributed by atoms with van der Waals surface area (Å²) in [6, 6.07) is 7.46. The maximum absolute atomic E-state index is 6.00. The highest BCUT2D eigenvalue weighted by Gasteiger charge is 2.27. The standard InChI is InChI=1S/C13H10Br2ClN3/c14-9-4-3-8(16)5-10(9)17-12-6-11(15)18-13(19-12)7-1-2-7/h3-7H,1-2H2,(H,17,18,19). The molecule has 0 aliphatic heterocycles. The quantitative estimate of drug-likeness (QED) is 0.709. The third kappa shape index (κ3) is 3.27. The molecule has 1 aliphatic carbocycles. The average Bonchev–Trinajstić information content (AvgIpc) is 3.17. The molecule has 2 aromatic rings. The van der Waals surface area contributed by atoms with Gasteiger partial charge in [0.05, 0.1) is 5.69 Å². The van der Waals surface area contributed by atoms with Crippen LogP contribution >= 0.6 is 43.5 Å². The molecule has 1 aliphatic rings. The van der Waals surface area contributed by atoms with Crippen molar-refractivity contribution >= 4 is 55.0 Å². The SMILES string of the molecule is Clc1ccc(Br)c(Nc2cc(Br)nc(C3CC3)n2)c1. The minimum absolute atomic E-state index is 0.515. The summed E-state index contributed by atoms with van der Waals surface area (Å²) in [5.41, 5.74) is 0.889. The van der Waals surface area contributed by atoms with Crippen molar-refractivity contribution in [2.75, 3.05) is 5.32 Å². The molecule has 3 rings (SSSR count). The van der Waals surface area contributed by atoms with Gasteiger partial charge in [0.15, 0.2) is 0 Å². The summed E-state index contributed by atoms with van der Waals surface area (Å²) in [6.45, 7) is 0. The number of rotatable bonds is 3. The first kappa shape index (κ1) is 13.3. The van der Waals surface area contributed by atoms with Crippen LogP contribution in [-0.4, -0.2) is 9.97 Å². The monoisotopic (exact) mass is 401 g/mol. The van der Waals surface area contributed by atoms with Crippen LogP contribution in [0.4, 0.5) is 11.5 Å². The van der Waals surface area contributed by atoms with Gasteiger partial charge in [-0.15, -0.1) is 0 Å². The minimum atomic E-state index is 0.515. The normalized spacial score (nSPS) is 14.5. The maximum atomic E-state index is 6.00. The lowest BCUT2D eigenvalue weighted by molar-refractivity contribution is 0.919. The lowest BCUT2D eigenvalue weighted by atomic mass is 10.3. The van der Waals surface area contributed by atoms with Crippen molar-refractivity contribution in [3.8, 4) is 0 Å². The smallest absolute Gasteiger partial charge is 0.135 e. The Labute approximate surface area is 133 Å². The van der Waals surface area contributed by atoms with Crippen LogP contribution in [0.15, 0.2) is 33.3 Å². The van der Waals surface area contributed by atoms with E-state index in [2.05, 4.69) is 47.1 Å². The van der Waals surface area contributed by atoms with Gasteiger partial charge in [-0.1, -0.05) is 11.6 Å². The number of aromatic nitrogens is 2. The van der Waals surface area contributed by atoms with Gasteiger partial charge in [-0.05, 0) is 62.9 Å². The van der Waals surface area contributed by atoms with E-state index in [0.29, 0.717) is 10.9 Å². The zero-order valence-electron chi connectivity index (χ0n) is 9.83. The van der Waals surface area contributed by atoms with Crippen LogP contribution in [0.1, 0.15) is 24.6 Å². The molecule has 1 fully saturated rings. The molecule has 19 heavy (non-hydrogen) atoms. The van der Waals surface area contributed by atoms with Crippen molar-refractivity contribution in [1.82, 2.24) is 9.97 Å². The van der Waals surface area contributed by atoms with Crippen LogP contribution in [-0.2, 0) is 0 Å². The maximum Gasteiger partial charge on any atom is 0.135 e. The first-order chi connectivity index (χ1) is 9.11. The molecule has 1 N–H and O–H groups in total. The van der Waals surface area contributed by atoms with Crippen LogP contribution in [0.3, 0.4) is 0 Å². The summed E-state index contributed by atoms with van der Waals surface area (Å²) in [5, 5.41) is 3.95. The highest BCUT2D eigenvalue weighted by Crippen LogP contribution is 2.39. The minimum Gasteiger partial charge on any atom is -0.339 e. The average molecular weight is 404 g/mol. The number of anilines is 2. The van der Waals surface area contributed by atoms with Crippen LogP contribution in [0.25, 0.3) is 0 Å². The number of nitrogens with zero attached hydrogens (tertiary/aromatic N) is 2. The zero-order valence-corrected chi connectivity index (χ0v) is 13.8. The van der Waals surface area contributed by atoms with E-state index in [0.717, 1.165) is 26.4 Å². The molecule has 0 unspecified atom stereocenters. The van der Waals surface area contributed by atoms with Crippen molar-refractivity contribution < 1.29 is 0 Å². The molecule has 98 valence electrons. The van der Waals surface area contributed by atoms with Gasteiger partial charge < -0.3 is 5.32 Å². The third-order valence-electron chi connectivity index (χ3n) is 2.85. The summed E-state index contributed by atoms with van der Waals surface area (Å²) in [6.07, 6.45) is 2.35. The highest BCUT2D eigenvalue weighted by molar-refractivity contribution is 9.10. The molecule has 0 atom stereocenters. The molecule has 6 heteroatoms. The Kier molecular flexibility index (Phi) is 3.78. The Morgan fingerprint density at radius 1 is 1.16 bits per heavy atom. The first-order valence-electron chi connectivity index (χ1n) is 5.88. The number of hydrogen-bond donors (Lipinski definition) is 1. The van der Waals surface area contributed by atoms with Crippen molar-refractivity contribution in [3.63, 3.8) is 0 Å². The first-order valence-corrected chi connectivity index (χ1v) is 7.85. The Hall–Kier alpha value is -0.650. The molecule has 0 radical (unpaired) electrons. The molecule has 3 nitrogen and oxygen atoms in total. The Morgan fingerprint density at radius 3 is 2.68 bits per heavy atom. The molecule has 0 spiro atoms. The van der Waals surface area contributed by atoms with E-state index in [1.54, 1.807) is 0 Å². The van der Waals surface area contributed by atoms with Gasteiger partial charge in [0.1, 0.15) is 16.2 Å². The number of hydrogen-bond acceptors (Lipinski definition) is 3. The second kappa shape index (κ2) is 5.38. The fraction of sp³-hybridized carbons (Fsp3) is 0.231. The summed E-state index contributed by atoms with van der Waals surface area (Å²) in [4.78, 5) is 8.95. The molecular weight excluding hydrogens is 393 g/mol. The number of halogens is 3. The molecule has 1 aromatic heterocycles. The molecule has 1 saturated carbocycles. The van der Waals surface area contributed by atoms with Crippen molar-refractivity contribution in [1.29, 1.82) is 0 Å². The fourth-order valence-electron chi connectivity index (χ4n) is 1.75. The van der Waals surface area contributed by atoms with E-state index in [9.17, 15) is 0 Å². The van der Waals surface area contributed by atoms with Crippen LogP contribution in [0, 0.1) is 0 Å². The van der Waals surface area contributed by atoms with Crippen LogP contribution in [0.5, 0.6) is 0 Å².